The van der Waals surface area contributed by atoms with Crippen molar-refractivity contribution in [3.05, 3.63) is 29.3 Å². The summed E-state index contributed by atoms with van der Waals surface area (Å²) < 4.78 is 5.47. The molecule has 1 aromatic carbocycles. The van der Waals surface area contributed by atoms with E-state index in [9.17, 15) is 0 Å². The topological polar surface area (TPSA) is 9.23 Å². The Bertz CT molecular complexity index is 386. The van der Waals surface area contributed by atoms with E-state index < -0.39 is 0 Å². The van der Waals surface area contributed by atoms with Gasteiger partial charge in [0.2, 0.25) is 0 Å². The summed E-state index contributed by atoms with van der Waals surface area (Å²) in [6, 6.07) is 6.79. The lowest BCUT2D eigenvalue weighted by Gasteiger charge is -2.15. The number of hydrogen-bond donors (Lipinski definition) is 0. The van der Waals surface area contributed by atoms with Crippen LogP contribution in [-0.2, 0) is 5.41 Å². The lowest BCUT2D eigenvalue weighted by Crippen LogP contribution is -2.03. The summed E-state index contributed by atoms with van der Waals surface area (Å²) in [5.41, 5.74) is 3.38. The van der Waals surface area contributed by atoms with Crippen molar-refractivity contribution in [2.24, 2.45) is 0 Å². The molecule has 0 aromatic heterocycles. The highest BCUT2D eigenvalue weighted by molar-refractivity contribution is 5.46. The Labute approximate surface area is 91.5 Å². The highest BCUT2D eigenvalue weighted by Crippen LogP contribution is 2.52. The Kier molecular flexibility index (Phi) is 1.86. The molecule has 2 aliphatic carbocycles. The first kappa shape index (κ1) is 9.26. The molecule has 0 atom stereocenters. The highest BCUT2D eigenvalue weighted by atomic mass is 16.5. The molecule has 0 spiro atoms. The van der Waals surface area contributed by atoms with Gasteiger partial charge in [-0.3, -0.25) is 0 Å². The third-order valence-corrected chi connectivity index (χ3v) is 3.92. The predicted molar refractivity (Wildman–Crippen MR) is 61.6 cm³/mol. The molecular weight excluding hydrogens is 184 g/mol. The minimum absolute atomic E-state index is 0.413. The molecule has 1 heteroatoms. The number of hydrogen-bond acceptors (Lipinski definition) is 1. The number of benzene rings is 1. The van der Waals surface area contributed by atoms with Crippen LogP contribution in [0.4, 0.5) is 0 Å². The zero-order valence-electron chi connectivity index (χ0n) is 9.55. The van der Waals surface area contributed by atoms with Crippen LogP contribution >= 0.6 is 0 Å². The maximum Gasteiger partial charge on any atom is 0.122 e. The molecule has 1 nitrogen and oxygen atoms in total. The smallest absolute Gasteiger partial charge is 0.122 e. The van der Waals surface area contributed by atoms with Crippen LogP contribution in [0.2, 0.25) is 0 Å². The molecule has 0 aliphatic heterocycles. The lowest BCUT2D eigenvalue weighted by molar-refractivity contribution is 0.405. The molecule has 0 heterocycles. The Hall–Kier alpha value is -0.980. The zero-order valence-corrected chi connectivity index (χ0v) is 9.55. The van der Waals surface area contributed by atoms with Gasteiger partial charge in [-0.05, 0) is 48.6 Å². The van der Waals surface area contributed by atoms with Gasteiger partial charge in [0.15, 0.2) is 0 Å². The molecule has 1 aromatic rings. The van der Waals surface area contributed by atoms with Crippen LogP contribution in [0.1, 0.15) is 49.7 Å². The average molecular weight is 202 g/mol. The molecule has 0 bridgehead atoms. The summed E-state index contributed by atoms with van der Waals surface area (Å²) >= 11 is 0. The van der Waals surface area contributed by atoms with Gasteiger partial charge < -0.3 is 4.74 Å². The Morgan fingerprint density at radius 2 is 2.00 bits per heavy atom. The molecule has 0 radical (unpaired) electrons. The summed E-state index contributed by atoms with van der Waals surface area (Å²) in [4.78, 5) is 0. The van der Waals surface area contributed by atoms with Crippen molar-refractivity contribution in [3.63, 3.8) is 0 Å². The van der Waals surface area contributed by atoms with E-state index in [1.807, 2.05) is 0 Å². The first-order valence-corrected chi connectivity index (χ1v) is 5.91. The van der Waals surface area contributed by atoms with E-state index in [0.717, 1.165) is 11.7 Å². The molecule has 2 aliphatic rings. The minimum Gasteiger partial charge on any atom is -0.496 e. The van der Waals surface area contributed by atoms with E-state index in [0.29, 0.717) is 5.41 Å². The van der Waals surface area contributed by atoms with Crippen LogP contribution in [0, 0.1) is 0 Å². The van der Waals surface area contributed by atoms with Gasteiger partial charge in [0, 0.05) is 5.56 Å². The van der Waals surface area contributed by atoms with Crippen LogP contribution in [0.15, 0.2) is 18.2 Å². The molecule has 2 fully saturated rings. The summed E-state index contributed by atoms with van der Waals surface area (Å²) in [5, 5.41) is 0. The second kappa shape index (κ2) is 3.01. The van der Waals surface area contributed by atoms with Crippen LogP contribution in [0.5, 0.6) is 5.75 Å². The third-order valence-electron chi connectivity index (χ3n) is 3.92. The van der Waals surface area contributed by atoms with E-state index in [1.165, 1.54) is 36.8 Å². The first-order chi connectivity index (χ1) is 7.23. The van der Waals surface area contributed by atoms with Gasteiger partial charge in [-0.1, -0.05) is 19.1 Å². The van der Waals surface area contributed by atoms with Crippen molar-refractivity contribution in [2.45, 2.75) is 43.9 Å². The number of rotatable bonds is 3. The minimum atomic E-state index is 0.413. The molecule has 3 rings (SSSR count). The van der Waals surface area contributed by atoms with Gasteiger partial charge >= 0.3 is 0 Å². The number of ether oxygens (including phenoxy) is 1. The van der Waals surface area contributed by atoms with Gasteiger partial charge in [0.1, 0.15) is 5.75 Å². The van der Waals surface area contributed by atoms with Crippen LogP contribution in [0.25, 0.3) is 0 Å². The van der Waals surface area contributed by atoms with E-state index in [2.05, 4.69) is 25.1 Å². The molecule has 0 amide bonds. The summed E-state index contributed by atoms with van der Waals surface area (Å²) in [7, 11) is 1.78. The van der Waals surface area contributed by atoms with Crippen molar-refractivity contribution in [1.29, 1.82) is 0 Å². The maximum atomic E-state index is 5.47. The maximum absolute atomic E-state index is 5.47. The van der Waals surface area contributed by atoms with E-state index >= 15 is 0 Å². The quantitative estimate of drug-likeness (QED) is 0.727. The SMILES string of the molecule is COc1ccc(C2CC2)cc1C1(C)CC1. The van der Waals surface area contributed by atoms with Crippen LogP contribution in [-0.4, -0.2) is 7.11 Å². The van der Waals surface area contributed by atoms with Gasteiger partial charge in [-0.25, -0.2) is 0 Å². The van der Waals surface area contributed by atoms with Gasteiger partial charge in [-0.2, -0.15) is 0 Å². The summed E-state index contributed by atoms with van der Waals surface area (Å²) in [5.74, 6) is 1.93. The number of methoxy groups -OCH3 is 1. The Morgan fingerprint density at radius 3 is 2.53 bits per heavy atom. The summed E-state index contributed by atoms with van der Waals surface area (Å²) in [6.45, 7) is 2.35. The average Bonchev–Trinajstić information content (AvgIpc) is 3.11. The normalized spacial score (nSPS) is 22.5. The standard InChI is InChI=1S/C14H18O/c1-14(7-8-14)12-9-11(10-3-4-10)5-6-13(12)15-2/h5-6,9-10H,3-4,7-8H2,1-2H3. The van der Waals surface area contributed by atoms with Gasteiger partial charge in [0.05, 0.1) is 7.11 Å². The molecule has 0 N–H and O–H groups in total. The second-order valence-electron chi connectivity index (χ2n) is 5.29. The Balaban J connectivity index is 2.03. The van der Waals surface area contributed by atoms with Crippen molar-refractivity contribution in [1.82, 2.24) is 0 Å². The van der Waals surface area contributed by atoms with Crippen molar-refractivity contribution < 1.29 is 4.74 Å². The zero-order chi connectivity index (χ0) is 10.5. The first-order valence-electron chi connectivity index (χ1n) is 5.91. The second-order valence-corrected chi connectivity index (χ2v) is 5.29. The van der Waals surface area contributed by atoms with Crippen molar-refractivity contribution >= 4 is 0 Å². The fourth-order valence-electron chi connectivity index (χ4n) is 2.32. The van der Waals surface area contributed by atoms with E-state index in [1.54, 1.807) is 7.11 Å². The third kappa shape index (κ3) is 1.54. The Morgan fingerprint density at radius 1 is 1.27 bits per heavy atom. The monoisotopic (exact) mass is 202 g/mol. The molecule has 2 saturated carbocycles. The molecule has 15 heavy (non-hydrogen) atoms. The van der Waals surface area contributed by atoms with Crippen molar-refractivity contribution in [3.8, 4) is 5.75 Å². The van der Waals surface area contributed by atoms with Crippen molar-refractivity contribution in [2.75, 3.05) is 7.11 Å². The lowest BCUT2D eigenvalue weighted by atomic mass is 9.94. The molecule has 0 unspecified atom stereocenters. The summed E-state index contributed by atoms with van der Waals surface area (Å²) in [6.07, 6.45) is 5.39. The fraction of sp³-hybridized carbons (Fsp3) is 0.571. The van der Waals surface area contributed by atoms with Gasteiger partial charge in [0.25, 0.3) is 0 Å². The fourth-order valence-corrected chi connectivity index (χ4v) is 2.32. The molecule has 0 saturated heterocycles. The van der Waals surface area contributed by atoms with Crippen LogP contribution < -0.4 is 4.74 Å². The molecule has 80 valence electrons. The molecular formula is C14H18O. The largest absolute Gasteiger partial charge is 0.496 e. The highest BCUT2D eigenvalue weighted by Gasteiger charge is 2.41. The predicted octanol–water partition coefficient (Wildman–Crippen LogP) is 3.62. The van der Waals surface area contributed by atoms with Gasteiger partial charge in [-0.15, -0.1) is 0 Å². The van der Waals surface area contributed by atoms with E-state index in [4.69, 9.17) is 4.74 Å². The van der Waals surface area contributed by atoms with Crippen LogP contribution in [0.3, 0.4) is 0 Å². The van der Waals surface area contributed by atoms with E-state index in [-0.39, 0.29) is 0 Å².